The molecule has 4 rings (SSSR count). The van der Waals surface area contributed by atoms with Crippen LogP contribution in [0.3, 0.4) is 0 Å². The van der Waals surface area contributed by atoms with Gasteiger partial charge in [-0.25, -0.2) is 9.97 Å². The van der Waals surface area contributed by atoms with Gasteiger partial charge >= 0.3 is 0 Å². The van der Waals surface area contributed by atoms with Gasteiger partial charge in [0.2, 0.25) is 0 Å². The summed E-state index contributed by atoms with van der Waals surface area (Å²) in [4.78, 5) is 26.1. The number of hydrogen-bond acceptors (Lipinski definition) is 6. The molecule has 0 spiro atoms. The fraction of sp³-hybridized carbons (Fsp3) is 0.450. The molecule has 2 aliphatic rings. The lowest BCUT2D eigenvalue weighted by molar-refractivity contribution is 0.0900. The molecule has 0 unspecified atom stereocenters. The molecule has 6 nitrogen and oxygen atoms in total. The first-order valence-corrected chi connectivity index (χ1v) is 9.78. The van der Waals surface area contributed by atoms with Crippen molar-refractivity contribution < 1.29 is 9.53 Å². The zero-order chi connectivity index (χ0) is 18.6. The second-order valence-electron chi connectivity index (χ2n) is 6.97. The van der Waals surface area contributed by atoms with Gasteiger partial charge < -0.3 is 14.5 Å². The normalized spacial score (nSPS) is 18.6. The molecule has 142 valence electrons. The Bertz CT molecular complexity index is 785. The van der Waals surface area contributed by atoms with Crippen molar-refractivity contribution >= 4 is 29.0 Å². The van der Waals surface area contributed by atoms with Gasteiger partial charge in [-0.1, -0.05) is 11.6 Å². The number of morpholine rings is 1. The Morgan fingerprint density at radius 3 is 2.19 bits per heavy atom. The third-order valence-corrected chi connectivity index (χ3v) is 5.54. The first-order valence-electron chi connectivity index (χ1n) is 9.40. The Kier molecular flexibility index (Phi) is 5.55. The van der Waals surface area contributed by atoms with Crippen molar-refractivity contribution in [2.75, 3.05) is 49.2 Å². The number of ketones is 1. The fourth-order valence-corrected chi connectivity index (χ4v) is 3.82. The Hall–Kier alpha value is -2.18. The van der Waals surface area contributed by atoms with Crippen LogP contribution >= 0.6 is 11.6 Å². The summed E-state index contributed by atoms with van der Waals surface area (Å²) in [6, 6.07) is 9.23. The lowest BCUT2D eigenvalue weighted by Crippen LogP contribution is -2.38. The van der Waals surface area contributed by atoms with Crippen LogP contribution < -0.4 is 9.80 Å². The van der Waals surface area contributed by atoms with Gasteiger partial charge in [-0.2, -0.15) is 0 Å². The zero-order valence-electron chi connectivity index (χ0n) is 15.2. The molecule has 27 heavy (non-hydrogen) atoms. The molecule has 0 saturated carbocycles. The van der Waals surface area contributed by atoms with E-state index >= 15 is 0 Å². The van der Waals surface area contributed by atoms with Crippen LogP contribution in [0.2, 0.25) is 5.02 Å². The number of carbonyl (C=O) groups excluding carboxylic acids is 1. The number of aromatic nitrogens is 2. The highest BCUT2D eigenvalue weighted by molar-refractivity contribution is 6.30. The lowest BCUT2D eigenvalue weighted by atomic mass is 9.89. The molecule has 0 aliphatic carbocycles. The maximum Gasteiger partial charge on any atom is 0.166 e. The van der Waals surface area contributed by atoms with E-state index in [9.17, 15) is 4.79 Å². The van der Waals surface area contributed by atoms with E-state index in [0.717, 1.165) is 69.4 Å². The quantitative estimate of drug-likeness (QED) is 0.753. The maximum atomic E-state index is 12.7. The molecule has 0 radical (unpaired) electrons. The summed E-state index contributed by atoms with van der Waals surface area (Å²) in [5, 5.41) is 0.654. The van der Waals surface area contributed by atoms with Crippen LogP contribution in [0.1, 0.15) is 23.2 Å². The minimum absolute atomic E-state index is 0.0583. The van der Waals surface area contributed by atoms with Gasteiger partial charge in [0.05, 0.1) is 13.2 Å². The molecule has 3 heterocycles. The van der Waals surface area contributed by atoms with Crippen LogP contribution in [0.4, 0.5) is 11.6 Å². The lowest BCUT2D eigenvalue weighted by Gasteiger charge is -2.33. The second-order valence-corrected chi connectivity index (χ2v) is 7.40. The van der Waals surface area contributed by atoms with Crippen molar-refractivity contribution in [2.24, 2.45) is 5.92 Å². The highest BCUT2D eigenvalue weighted by Crippen LogP contribution is 2.26. The number of rotatable bonds is 4. The Labute approximate surface area is 164 Å². The number of benzene rings is 1. The van der Waals surface area contributed by atoms with Gasteiger partial charge in [-0.3, -0.25) is 4.79 Å². The van der Waals surface area contributed by atoms with E-state index in [1.54, 1.807) is 18.5 Å². The number of halogens is 1. The van der Waals surface area contributed by atoms with E-state index in [1.165, 1.54) is 0 Å². The van der Waals surface area contributed by atoms with Crippen molar-refractivity contribution in [1.29, 1.82) is 0 Å². The third-order valence-electron chi connectivity index (χ3n) is 5.29. The number of hydrogen-bond donors (Lipinski definition) is 0. The van der Waals surface area contributed by atoms with Crippen LogP contribution in [0.15, 0.2) is 36.7 Å². The van der Waals surface area contributed by atoms with Crippen LogP contribution in [0, 0.1) is 5.92 Å². The third kappa shape index (κ3) is 4.22. The Morgan fingerprint density at radius 1 is 0.963 bits per heavy atom. The molecule has 0 atom stereocenters. The highest BCUT2D eigenvalue weighted by atomic mass is 35.5. The molecule has 0 bridgehead atoms. The monoisotopic (exact) mass is 386 g/mol. The number of piperidine rings is 1. The van der Waals surface area contributed by atoms with Crippen LogP contribution in [-0.2, 0) is 4.74 Å². The largest absolute Gasteiger partial charge is 0.378 e. The average Bonchev–Trinajstić information content (AvgIpc) is 2.75. The molecular formula is C20H23ClN4O2. The summed E-state index contributed by atoms with van der Waals surface area (Å²) >= 11 is 5.92. The molecule has 2 saturated heterocycles. The molecule has 2 aliphatic heterocycles. The van der Waals surface area contributed by atoms with E-state index in [2.05, 4.69) is 19.8 Å². The van der Waals surface area contributed by atoms with E-state index < -0.39 is 0 Å². The van der Waals surface area contributed by atoms with Crippen molar-refractivity contribution in [3.63, 3.8) is 0 Å². The zero-order valence-corrected chi connectivity index (χ0v) is 15.9. The molecule has 1 aromatic carbocycles. The summed E-state index contributed by atoms with van der Waals surface area (Å²) in [6.45, 7) is 4.82. The van der Waals surface area contributed by atoms with Crippen LogP contribution in [-0.4, -0.2) is 55.1 Å². The standard InChI is InChI=1S/C20H23ClN4O2/c21-17-3-1-15(2-4-17)20(26)16-5-7-24(8-6-16)18-13-19(23-14-22-18)25-9-11-27-12-10-25/h1-4,13-14,16H,5-12H2. The molecule has 2 aromatic rings. The summed E-state index contributed by atoms with van der Waals surface area (Å²) in [7, 11) is 0. The molecule has 0 N–H and O–H groups in total. The van der Waals surface area contributed by atoms with E-state index in [-0.39, 0.29) is 11.7 Å². The topological polar surface area (TPSA) is 58.6 Å². The molecule has 1 aromatic heterocycles. The van der Waals surface area contributed by atoms with Crippen molar-refractivity contribution in [1.82, 2.24) is 9.97 Å². The second kappa shape index (κ2) is 8.23. The van der Waals surface area contributed by atoms with Gasteiger partial charge in [0.1, 0.15) is 18.0 Å². The van der Waals surface area contributed by atoms with Crippen molar-refractivity contribution in [3.05, 3.63) is 47.2 Å². The number of Topliss-reactive ketones (excluding diaryl/α,β-unsaturated/α-hetero) is 1. The number of nitrogens with zero attached hydrogens (tertiary/aromatic N) is 4. The van der Waals surface area contributed by atoms with E-state index in [1.807, 2.05) is 18.2 Å². The summed E-state index contributed by atoms with van der Waals surface area (Å²) in [5.41, 5.74) is 0.745. The molecule has 0 amide bonds. The summed E-state index contributed by atoms with van der Waals surface area (Å²) in [5.74, 6) is 2.15. The Morgan fingerprint density at radius 2 is 1.56 bits per heavy atom. The van der Waals surface area contributed by atoms with Gasteiger partial charge in [0.25, 0.3) is 0 Å². The van der Waals surface area contributed by atoms with E-state index in [0.29, 0.717) is 5.02 Å². The summed E-state index contributed by atoms with van der Waals surface area (Å²) < 4.78 is 5.41. The van der Waals surface area contributed by atoms with Gasteiger partial charge in [-0.05, 0) is 37.1 Å². The van der Waals surface area contributed by atoms with E-state index in [4.69, 9.17) is 16.3 Å². The SMILES string of the molecule is O=C(c1ccc(Cl)cc1)C1CCN(c2cc(N3CCOCC3)ncn2)CC1. The van der Waals surface area contributed by atoms with Crippen LogP contribution in [0.5, 0.6) is 0 Å². The number of carbonyl (C=O) groups is 1. The summed E-state index contributed by atoms with van der Waals surface area (Å²) in [6.07, 6.45) is 3.29. The maximum absolute atomic E-state index is 12.7. The molecular weight excluding hydrogens is 364 g/mol. The smallest absolute Gasteiger partial charge is 0.166 e. The fourth-order valence-electron chi connectivity index (χ4n) is 3.70. The Balaban J connectivity index is 1.39. The van der Waals surface area contributed by atoms with Crippen LogP contribution in [0.25, 0.3) is 0 Å². The van der Waals surface area contributed by atoms with Gasteiger partial charge in [0, 0.05) is 48.7 Å². The average molecular weight is 387 g/mol. The minimum atomic E-state index is 0.0583. The van der Waals surface area contributed by atoms with Crippen molar-refractivity contribution in [2.45, 2.75) is 12.8 Å². The predicted octanol–water partition coefficient (Wildman–Crippen LogP) is 3.07. The van der Waals surface area contributed by atoms with Gasteiger partial charge in [0.15, 0.2) is 5.78 Å². The predicted molar refractivity (Wildman–Crippen MR) is 106 cm³/mol. The first kappa shape index (κ1) is 18.2. The van der Waals surface area contributed by atoms with Gasteiger partial charge in [-0.15, -0.1) is 0 Å². The van der Waals surface area contributed by atoms with Crippen molar-refractivity contribution in [3.8, 4) is 0 Å². The number of ether oxygens (including phenoxy) is 1. The molecule has 2 fully saturated rings. The first-order chi connectivity index (χ1) is 13.2. The number of anilines is 2. The minimum Gasteiger partial charge on any atom is -0.378 e. The molecule has 7 heteroatoms. The highest BCUT2D eigenvalue weighted by Gasteiger charge is 2.27.